The van der Waals surface area contributed by atoms with Gasteiger partial charge < -0.3 is 5.11 Å². The quantitative estimate of drug-likeness (QED) is 0.856. The number of hydrogen-bond donors (Lipinski definition) is 2. The molecule has 0 spiro atoms. The molecule has 16 heavy (non-hydrogen) atoms. The van der Waals surface area contributed by atoms with Crippen LogP contribution in [0, 0.1) is 0 Å². The third-order valence-electron chi connectivity index (χ3n) is 1.55. The minimum atomic E-state index is -3.72. The molecule has 88 valence electrons. The maximum Gasteiger partial charge on any atom is 0.345 e. The summed E-state index contributed by atoms with van der Waals surface area (Å²) in [5.74, 6) is -1.16. The summed E-state index contributed by atoms with van der Waals surface area (Å²) in [4.78, 5) is 10.4. The zero-order valence-electron chi connectivity index (χ0n) is 7.94. The highest BCUT2D eigenvalue weighted by Crippen LogP contribution is 2.19. The van der Waals surface area contributed by atoms with E-state index in [-0.39, 0.29) is 21.3 Å². The van der Waals surface area contributed by atoms with Crippen molar-refractivity contribution in [3.05, 3.63) is 27.9 Å². The van der Waals surface area contributed by atoms with Gasteiger partial charge in [0.15, 0.2) is 0 Å². The summed E-state index contributed by atoms with van der Waals surface area (Å²) >= 11 is 6.26. The number of hydrogen-bond acceptors (Lipinski definition) is 4. The number of carboxylic acids is 1. The Kier molecular flexibility index (Phi) is 4.09. The maximum atomic E-state index is 11.6. The van der Waals surface area contributed by atoms with Crippen molar-refractivity contribution >= 4 is 38.9 Å². The molecule has 0 unspecified atom stereocenters. The summed E-state index contributed by atoms with van der Waals surface area (Å²) in [5.41, 5.74) is 0. The molecule has 0 amide bonds. The normalized spacial score (nSPS) is 11.3. The standard InChI is InChI=1S/C8H8ClNO4S2/c1-5(9)3-10-16(13,14)6-2-7(8(11)12)15-4-6/h2,4,10H,1,3H2,(H,11,12). The van der Waals surface area contributed by atoms with Gasteiger partial charge in [-0.15, -0.1) is 11.3 Å². The lowest BCUT2D eigenvalue weighted by atomic mass is 10.5. The second kappa shape index (κ2) is 4.96. The van der Waals surface area contributed by atoms with E-state index in [0.717, 1.165) is 17.4 Å². The van der Waals surface area contributed by atoms with E-state index in [4.69, 9.17) is 16.7 Å². The van der Waals surface area contributed by atoms with E-state index in [2.05, 4.69) is 11.3 Å². The molecular weight excluding hydrogens is 274 g/mol. The van der Waals surface area contributed by atoms with Crippen LogP contribution < -0.4 is 4.72 Å². The van der Waals surface area contributed by atoms with Crippen molar-refractivity contribution in [2.45, 2.75) is 4.90 Å². The molecule has 0 saturated carbocycles. The van der Waals surface area contributed by atoms with Gasteiger partial charge in [-0.05, 0) is 6.07 Å². The highest BCUT2D eigenvalue weighted by Gasteiger charge is 2.18. The molecular formula is C8H8ClNO4S2. The van der Waals surface area contributed by atoms with Crippen molar-refractivity contribution < 1.29 is 18.3 Å². The molecule has 0 radical (unpaired) electrons. The smallest absolute Gasteiger partial charge is 0.345 e. The minimum absolute atomic E-state index is 0.0370. The van der Waals surface area contributed by atoms with Crippen LogP contribution in [0.5, 0.6) is 0 Å². The predicted molar refractivity (Wildman–Crippen MR) is 61.5 cm³/mol. The fraction of sp³-hybridized carbons (Fsp3) is 0.125. The first-order valence-electron chi connectivity index (χ1n) is 3.97. The van der Waals surface area contributed by atoms with Gasteiger partial charge >= 0.3 is 5.97 Å². The van der Waals surface area contributed by atoms with Crippen molar-refractivity contribution in [1.82, 2.24) is 4.72 Å². The number of carbonyl (C=O) groups is 1. The molecule has 1 rings (SSSR count). The average Bonchev–Trinajstić information content (AvgIpc) is 2.64. The Morgan fingerprint density at radius 3 is 2.69 bits per heavy atom. The fourth-order valence-corrected chi connectivity index (χ4v) is 3.11. The van der Waals surface area contributed by atoms with Crippen LogP contribution in [0.2, 0.25) is 0 Å². The molecule has 0 aliphatic rings. The summed E-state index contributed by atoms with van der Waals surface area (Å²) in [7, 11) is -3.72. The molecule has 1 aromatic rings. The summed E-state index contributed by atoms with van der Waals surface area (Å²) in [6.07, 6.45) is 0. The van der Waals surface area contributed by atoms with E-state index < -0.39 is 16.0 Å². The SMILES string of the molecule is C=C(Cl)CNS(=O)(=O)c1csc(C(=O)O)c1. The minimum Gasteiger partial charge on any atom is -0.477 e. The third-order valence-corrected chi connectivity index (χ3v) is 4.13. The van der Waals surface area contributed by atoms with Crippen LogP contribution in [0.25, 0.3) is 0 Å². The van der Waals surface area contributed by atoms with Crippen molar-refractivity contribution in [2.24, 2.45) is 0 Å². The van der Waals surface area contributed by atoms with Crippen molar-refractivity contribution in [3.63, 3.8) is 0 Å². The molecule has 0 atom stereocenters. The van der Waals surface area contributed by atoms with E-state index >= 15 is 0 Å². The van der Waals surface area contributed by atoms with Crippen molar-refractivity contribution in [2.75, 3.05) is 6.54 Å². The van der Waals surface area contributed by atoms with Crippen LogP contribution in [0.4, 0.5) is 0 Å². The van der Waals surface area contributed by atoms with Gasteiger partial charge in [0.2, 0.25) is 10.0 Å². The van der Waals surface area contributed by atoms with Crippen molar-refractivity contribution in [3.8, 4) is 0 Å². The Bertz CT molecular complexity index is 520. The van der Waals surface area contributed by atoms with Gasteiger partial charge in [-0.1, -0.05) is 18.2 Å². The number of rotatable bonds is 5. The van der Waals surface area contributed by atoms with Crippen LogP contribution in [-0.4, -0.2) is 26.0 Å². The molecule has 0 aliphatic carbocycles. The van der Waals surface area contributed by atoms with Gasteiger partial charge in [0.25, 0.3) is 0 Å². The fourth-order valence-electron chi connectivity index (χ4n) is 0.829. The molecule has 0 fully saturated rings. The first-order chi connectivity index (χ1) is 7.33. The number of halogens is 1. The van der Waals surface area contributed by atoms with Gasteiger partial charge in [-0.2, -0.15) is 0 Å². The monoisotopic (exact) mass is 281 g/mol. The second-order valence-electron chi connectivity index (χ2n) is 2.79. The lowest BCUT2D eigenvalue weighted by Gasteiger charge is -2.02. The summed E-state index contributed by atoms with van der Waals surface area (Å²) in [6, 6.07) is 1.09. The molecule has 0 bridgehead atoms. The molecule has 0 aliphatic heterocycles. The van der Waals surface area contributed by atoms with E-state index in [0.29, 0.717) is 0 Å². The Hall–Kier alpha value is -0.890. The number of nitrogens with one attached hydrogen (secondary N) is 1. The average molecular weight is 282 g/mol. The van der Waals surface area contributed by atoms with Crippen LogP contribution in [-0.2, 0) is 10.0 Å². The molecule has 0 saturated heterocycles. The van der Waals surface area contributed by atoms with Gasteiger partial charge in [0.1, 0.15) is 4.88 Å². The Labute approximate surface area is 101 Å². The van der Waals surface area contributed by atoms with Gasteiger partial charge in [-0.25, -0.2) is 17.9 Å². The third kappa shape index (κ3) is 3.31. The number of carboxylic acid groups (broad SMARTS) is 1. The van der Waals surface area contributed by atoms with E-state index in [1.165, 1.54) is 5.38 Å². The molecule has 1 aromatic heterocycles. The molecule has 5 nitrogen and oxygen atoms in total. The first kappa shape index (κ1) is 13.2. The second-order valence-corrected chi connectivity index (χ2v) is 6.01. The Morgan fingerprint density at radius 2 is 2.25 bits per heavy atom. The largest absolute Gasteiger partial charge is 0.477 e. The predicted octanol–water partition coefficient (Wildman–Crippen LogP) is 1.48. The maximum absolute atomic E-state index is 11.6. The van der Waals surface area contributed by atoms with Crippen LogP contribution in [0.15, 0.2) is 28.0 Å². The van der Waals surface area contributed by atoms with E-state index in [9.17, 15) is 13.2 Å². The van der Waals surface area contributed by atoms with Gasteiger partial charge in [0.05, 0.1) is 4.90 Å². The molecule has 0 aromatic carbocycles. The van der Waals surface area contributed by atoms with Crippen LogP contribution in [0.3, 0.4) is 0 Å². The highest BCUT2D eigenvalue weighted by atomic mass is 35.5. The Balaban J connectivity index is 2.90. The zero-order chi connectivity index (χ0) is 12.3. The molecule has 8 heteroatoms. The summed E-state index contributed by atoms with van der Waals surface area (Å²) < 4.78 is 25.3. The van der Waals surface area contributed by atoms with E-state index in [1.807, 2.05) is 0 Å². The van der Waals surface area contributed by atoms with Crippen LogP contribution >= 0.6 is 22.9 Å². The number of thiophene rings is 1. The number of aromatic carboxylic acids is 1. The van der Waals surface area contributed by atoms with Crippen molar-refractivity contribution in [1.29, 1.82) is 0 Å². The lowest BCUT2D eigenvalue weighted by molar-refractivity contribution is 0.0702. The molecule has 1 heterocycles. The van der Waals surface area contributed by atoms with Gasteiger partial charge in [-0.3, -0.25) is 0 Å². The number of sulfonamides is 1. The molecule has 2 N–H and O–H groups in total. The van der Waals surface area contributed by atoms with Crippen LogP contribution in [0.1, 0.15) is 9.67 Å². The summed E-state index contributed by atoms with van der Waals surface area (Å²) in [5, 5.41) is 10.0. The lowest BCUT2D eigenvalue weighted by Crippen LogP contribution is -2.24. The Morgan fingerprint density at radius 1 is 1.62 bits per heavy atom. The summed E-state index contributed by atoms with van der Waals surface area (Å²) in [6.45, 7) is 3.24. The zero-order valence-corrected chi connectivity index (χ0v) is 10.3. The highest BCUT2D eigenvalue weighted by molar-refractivity contribution is 7.89. The van der Waals surface area contributed by atoms with E-state index in [1.54, 1.807) is 0 Å². The topological polar surface area (TPSA) is 83.5 Å². The first-order valence-corrected chi connectivity index (χ1v) is 6.72. The van der Waals surface area contributed by atoms with Gasteiger partial charge in [0, 0.05) is 17.0 Å².